The van der Waals surface area contributed by atoms with E-state index in [9.17, 15) is 9.90 Å². The first-order valence-electron chi connectivity index (χ1n) is 6.63. The predicted octanol–water partition coefficient (Wildman–Crippen LogP) is 2.81. The molecule has 0 heterocycles. The van der Waals surface area contributed by atoms with Crippen molar-refractivity contribution in [3.05, 3.63) is 35.9 Å². The van der Waals surface area contributed by atoms with Crippen molar-refractivity contribution in [1.29, 1.82) is 0 Å². The van der Waals surface area contributed by atoms with Crippen LogP contribution in [-0.4, -0.2) is 35.2 Å². The Labute approximate surface area is 124 Å². The molecule has 1 atom stereocenters. The SMILES string of the molecule is CC(C)(C)OC(=O)NC(CO)CSCc1ccccc1. The number of rotatable bonds is 6. The van der Waals surface area contributed by atoms with E-state index in [-0.39, 0.29) is 12.6 Å². The van der Waals surface area contributed by atoms with Crippen LogP contribution in [0.4, 0.5) is 4.79 Å². The lowest BCUT2D eigenvalue weighted by Crippen LogP contribution is -2.42. The topological polar surface area (TPSA) is 58.6 Å². The highest BCUT2D eigenvalue weighted by molar-refractivity contribution is 7.98. The molecule has 0 spiro atoms. The fourth-order valence-corrected chi connectivity index (χ4v) is 2.53. The van der Waals surface area contributed by atoms with Gasteiger partial charge in [-0.2, -0.15) is 11.8 Å². The van der Waals surface area contributed by atoms with Crippen LogP contribution in [-0.2, 0) is 10.5 Å². The molecule has 2 N–H and O–H groups in total. The molecule has 112 valence electrons. The van der Waals surface area contributed by atoms with Gasteiger partial charge in [-0.25, -0.2) is 4.79 Å². The second-order valence-corrected chi connectivity index (χ2v) is 6.56. The van der Waals surface area contributed by atoms with Gasteiger partial charge in [-0.1, -0.05) is 30.3 Å². The summed E-state index contributed by atoms with van der Waals surface area (Å²) in [5, 5.41) is 12.0. The number of ether oxygens (including phenoxy) is 1. The summed E-state index contributed by atoms with van der Waals surface area (Å²) in [5.41, 5.74) is 0.702. The molecule has 0 saturated carbocycles. The number of hydrogen-bond donors (Lipinski definition) is 2. The van der Waals surface area contributed by atoms with Crippen LogP contribution < -0.4 is 5.32 Å². The highest BCUT2D eigenvalue weighted by Crippen LogP contribution is 2.13. The molecular formula is C15H23NO3S. The first-order chi connectivity index (χ1) is 9.40. The number of alkyl carbamates (subject to hydrolysis) is 1. The molecule has 4 nitrogen and oxygen atoms in total. The Balaban J connectivity index is 2.31. The number of aliphatic hydroxyl groups is 1. The van der Waals surface area contributed by atoms with Crippen molar-refractivity contribution in [2.75, 3.05) is 12.4 Å². The van der Waals surface area contributed by atoms with Gasteiger partial charge in [0.05, 0.1) is 12.6 Å². The minimum absolute atomic E-state index is 0.0962. The number of carbonyl (C=O) groups is 1. The van der Waals surface area contributed by atoms with Crippen molar-refractivity contribution in [3.63, 3.8) is 0 Å². The maximum atomic E-state index is 11.6. The number of carbonyl (C=O) groups excluding carboxylic acids is 1. The summed E-state index contributed by atoms with van der Waals surface area (Å²) in [7, 11) is 0. The summed E-state index contributed by atoms with van der Waals surface area (Å²) in [5.74, 6) is 1.50. The second-order valence-electron chi connectivity index (χ2n) is 5.53. The van der Waals surface area contributed by atoms with Crippen LogP contribution in [0.25, 0.3) is 0 Å². The first kappa shape index (κ1) is 16.9. The Morgan fingerprint density at radius 1 is 1.35 bits per heavy atom. The summed E-state index contributed by atoms with van der Waals surface area (Å²) in [6.07, 6.45) is -0.489. The smallest absolute Gasteiger partial charge is 0.407 e. The Kier molecular flexibility index (Phi) is 6.88. The fraction of sp³-hybridized carbons (Fsp3) is 0.533. The molecular weight excluding hydrogens is 274 g/mol. The molecule has 1 aromatic rings. The molecule has 20 heavy (non-hydrogen) atoms. The third-order valence-electron chi connectivity index (χ3n) is 2.37. The maximum Gasteiger partial charge on any atom is 0.407 e. The van der Waals surface area contributed by atoms with Crippen LogP contribution >= 0.6 is 11.8 Å². The van der Waals surface area contributed by atoms with Crippen LogP contribution in [0.2, 0.25) is 0 Å². The zero-order valence-corrected chi connectivity index (χ0v) is 13.1. The van der Waals surface area contributed by atoms with Gasteiger partial charge in [0, 0.05) is 11.5 Å². The van der Waals surface area contributed by atoms with Gasteiger partial charge in [-0.3, -0.25) is 0 Å². The van der Waals surface area contributed by atoms with E-state index in [1.165, 1.54) is 5.56 Å². The molecule has 0 aromatic heterocycles. The summed E-state index contributed by atoms with van der Waals surface area (Å²) < 4.78 is 5.16. The molecule has 0 aliphatic carbocycles. The van der Waals surface area contributed by atoms with Gasteiger partial charge in [0.25, 0.3) is 0 Å². The molecule has 1 unspecified atom stereocenters. The van der Waals surface area contributed by atoms with Gasteiger partial charge >= 0.3 is 6.09 Å². The summed E-state index contributed by atoms with van der Waals surface area (Å²) in [6, 6.07) is 9.80. The Morgan fingerprint density at radius 3 is 2.55 bits per heavy atom. The molecule has 0 saturated heterocycles. The lowest BCUT2D eigenvalue weighted by atomic mass is 10.2. The zero-order chi connectivity index (χ0) is 15.0. The van der Waals surface area contributed by atoms with E-state index in [4.69, 9.17) is 4.74 Å². The zero-order valence-electron chi connectivity index (χ0n) is 12.3. The van der Waals surface area contributed by atoms with Crippen molar-refractivity contribution in [3.8, 4) is 0 Å². The Morgan fingerprint density at radius 2 is 2.00 bits per heavy atom. The van der Waals surface area contributed by atoms with Crippen molar-refractivity contribution >= 4 is 17.9 Å². The maximum absolute atomic E-state index is 11.6. The monoisotopic (exact) mass is 297 g/mol. The van der Waals surface area contributed by atoms with Crippen molar-refractivity contribution in [2.24, 2.45) is 0 Å². The van der Waals surface area contributed by atoms with Crippen molar-refractivity contribution < 1.29 is 14.6 Å². The third kappa shape index (κ3) is 7.40. The standard InChI is InChI=1S/C15H23NO3S/c1-15(2,3)19-14(18)16-13(9-17)11-20-10-12-7-5-4-6-8-12/h4-8,13,17H,9-11H2,1-3H3,(H,16,18). The van der Waals surface area contributed by atoms with E-state index >= 15 is 0 Å². The highest BCUT2D eigenvalue weighted by Gasteiger charge is 2.19. The number of aliphatic hydroxyl groups excluding tert-OH is 1. The van der Waals surface area contributed by atoms with E-state index in [0.717, 1.165) is 5.75 Å². The largest absolute Gasteiger partial charge is 0.444 e. The van der Waals surface area contributed by atoms with Gasteiger partial charge in [0.15, 0.2) is 0 Å². The van der Waals surface area contributed by atoms with Gasteiger partial charge in [-0.15, -0.1) is 0 Å². The van der Waals surface area contributed by atoms with Gasteiger partial charge < -0.3 is 15.2 Å². The van der Waals surface area contributed by atoms with E-state index in [1.54, 1.807) is 11.8 Å². The molecule has 5 heteroatoms. The normalized spacial score (nSPS) is 12.8. The van der Waals surface area contributed by atoms with E-state index in [0.29, 0.717) is 5.75 Å². The number of nitrogens with one attached hydrogen (secondary N) is 1. The molecule has 1 aromatic carbocycles. The lowest BCUT2D eigenvalue weighted by Gasteiger charge is -2.22. The van der Waals surface area contributed by atoms with Crippen LogP contribution in [0.5, 0.6) is 0 Å². The summed E-state index contributed by atoms with van der Waals surface area (Å²) >= 11 is 1.67. The quantitative estimate of drug-likeness (QED) is 0.847. The summed E-state index contributed by atoms with van der Waals surface area (Å²) in [6.45, 7) is 5.33. The number of thioether (sulfide) groups is 1. The number of benzene rings is 1. The first-order valence-corrected chi connectivity index (χ1v) is 7.78. The molecule has 0 aliphatic heterocycles. The molecule has 1 amide bonds. The van der Waals surface area contributed by atoms with Crippen LogP contribution in [0.15, 0.2) is 30.3 Å². The van der Waals surface area contributed by atoms with E-state index < -0.39 is 11.7 Å². The number of hydrogen-bond acceptors (Lipinski definition) is 4. The minimum atomic E-state index is -0.527. The average Bonchev–Trinajstić information content (AvgIpc) is 2.36. The summed E-state index contributed by atoms with van der Waals surface area (Å²) in [4.78, 5) is 11.6. The molecule has 0 bridgehead atoms. The molecule has 0 aliphatic rings. The highest BCUT2D eigenvalue weighted by atomic mass is 32.2. The average molecular weight is 297 g/mol. The lowest BCUT2D eigenvalue weighted by molar-refractivity contribution is 0.0491. The van der Waals surface area contributed by atoms with Crippen LogP contribution in [0.3, 0.4) is 0 Å². The van der Waals surface area contributed by atoms with E-state index in [2.05, 4.69) is 17.4 Å². The Hall–Kier alpha value is -1.20. The number of amides is 1. The molecule has 1 rings (SSSR count). The van der Waals surface area contributed by atoms with Crippen molar-refractivity contribution in [2.45, 2.75) is 38.2 Å². The van der Waals surface area contributed by atoms with Crippen molar-refractivity contribution in [1.82, 2.24) is 5.32 Å². The fourth-order valence-electron chi connectivity index (χ4n) is 1.51. The second kappa shape index (κ2) is 8.17. The van der Waals surface area contributed by atoms with Gasteiger partial charge in [0.1, 0.15) is 5.60 Å². The van der Waals surface area contributed by atoms with Gasteiger partial charge in [-0.05, 0) is 26.3 Å². The van der Waals surface area contributed by atoms with E-state index in [1.807, 2.05) is 39.0 Å². The predicted molar refractivity (Wildman–Crippen MR) is 82.8 cm³/mol. The molecule has 0 fully saturated rings. The van der Waals surface area contributed by atoms with Gasteiger partial charge in [0.2, 0.25) is 0 Å². The third-order valence-corrected chi connectivity index (χ3v) is 3.55. The molecule has 0 radical (unpaired) electrons. The van der Waals surface area contributed by atoms with Crippen LogP contribution in [0.1, 0.15) is 26.3 Å². The van der Waals surface area contributed by atoms with Crippen LogP contribution in [0, 0.1) is 0 Å². The minimum Gasteiger partial charge on any atom is -0.444 e. The Bertz CT molecular complexity index is 403.